The second-order valence-electron chi connectivity index (χ2n) is 23.2. The molecule has 3 N–H and O–H groups in total. The van der Waals surface area contributed by atoms with Gasteiger partial charge in [0.1, 0.15) is 0 Å². The van der Waals surface area contributed by atoms with Crippen molar-refractivity contribution in [1.29, 1.82) is 0 Å². The van der Waals surface area contributed by atoms with E-state index in [1.165, 1.54) is 321 Å². The summed E-state index contributed by atoms with van der Waals surface area (Å²) in [5.74, 6) is -0.0699. The molecule has 0 radical (unpaired) electrons. The minimum absolute atomic E-state index is 0.0699. The van der Waals surface area contributed by atoms with Gasteiger partial charge in [0.2, 0.25) is 5.91 Å². The first-order valence-corrected chi connectivity index (χ1v) is 33.7. The first-order chi connectivity index (χ1) is 36.2. The molecule has 73 heavy (non-hydrogen) atoms. The van der Waals surface area contributed by atoms with E-state index in [4.69, 9.17) is 0 Å². The zero-order chi connectivity index (χ0) is 52.7. The lowest BCUT2D eigenvalue weighted by atomic mass is 10.0. The number of hydrogen-bond donors (Lipinski definition) is 3. The van der Waals surface area contributed by atoms with Crippen LogP contribution in [0.5, 0.6) is 0 Å². The summed E-state index contributed by atoms with van der Waals surface area (Å²) >= 11 is 0. The summed E-state index contributed by atoms with van der Waals surface area (Å²) in [6, 6.07) is -0.645. The highest BCUT2D eigenvalue weighted by Gasteiger charge is 2.18. The number of rotatable bonds is 63. The predicted octanol–water partition coefficient (Wildman–Crippen LogP) is 22.8. The fraction of sp³-hybridized carbons (Fsp3) is 0.899. The van der Waals surface area contributed by atoms with E-state index >= 15 is 0 Å². The van der Waals surface area contributed by atoms with Gasteiger partial charge in [0.05, 0.1) is 18.8 Å². The van der Waals surface area contributed by atoms with Gasteiger partial charge in [-0.2, -0.15) is 0 Å². The number of nitrogens with one attached hydrogen (secondary N) is 1. The molecule has 432 valence electrons. The zero-order valence-corrected chi connectivity index (χ0v) is 49.9. The van der Waals surface area contributed by atoms with Crippen molar-refractivity contribution in [3.63, 3.8) is 0 Å². The van der Waals surface area contributed by atoms with Crippen LogP contribution in [-0.4, -0.2) is 34.9 Å². The molecule has 0 rings (SSSR count). The largest absolute Gasteiger partial charge is 0.394 e. The van der Waals surface area contributed by atoms with Crippen LogP contribution in [0.2, 0.25) is 0 Å². The summed E-state index contributed by atoms with van der Waals surface area (Å²) in [5, 5.41) is 23.2. The van der Waals surface area contributed by atoms with E-state index in [1.807, 2.05) is 6.08 Å². The van der Waals surface area contributed by atoms with E-state index in [9.17, 15) is 15.0 Å². The van der Waals surface area contributed by atoms with Gasteiger partial charge in [0.25, 0.3) is 0 Å². The number of carbonyl (C=O) groups excluding carboxylic acids is 1. The van der Waals surface area contributed by atoms with Crippen molar-refractivity contribution in [2.24, 2.45) is 0 Å². The van der Waals surface area contributed by atoms with Gasteiger partial charge in [-0.05, 0) is 44.9 Å². The average molecular weight is 1020 g/mol. The van der Waals surface area contributed by atoms with Crippen molar-refractivity contribution in [3.05, 3.63) is 36.5 Å². The summed E-state index contributed by atoms with van der Waals surface area (Å²) in [7, 11) is 0. The minimum Gasteiger partial charge on any atom is -0.394 e. The fourth-order valence-electron chi connectivity index (χ4n) is 10.7. The number of hydrogen-bond acceptors (Lipinski definition) is 3. The molecule has 0 saturated carbocycles. The third-order valence-electron chi connectivity index (χ3n) is 15.9. The molecule has 0 aliphatic carbocycles. The Morgan fingerprint density at radius 1 is 0.315 bits per heavy atom. The SMILES string of the molecule is CCCCCCCCCCCCCCCCC/C=C/CC/C=C/CC/C=C/C(O)C(CO)NC(=O)CCCCCCCCCCCCCCCCCCCCCCCCCCCCCCCCCCCCCC. The molecular weight excluding hydrogens is 891 g/mol. The zero-order valence-electron chi connectivity index (χ0n) is 49.9. The minimum atomic E-state index is -0.870. The van der Waals surface area contributed by atoms with Gasteiger partial charge >= 0.3 is 0 Å². The third-order valence-corrected chi connectivity index (χ3v) is 15.9. The number of aliphatic hydroxyl groups excluding tert-OH is 2. The molecule has 0 bridgehead atoms. The molecule has 4 nitrogen and oxygen atoms in total. The van der Waals surface area contributed by atoms with E-state index in [0.717, 1.165) is 38.5 Å². The number of unbranched alkanes of at least 4 members (excludes halogenated alkanes) is 52. The van der Waals surface area contributed by atoms with E-state index in [0.29, 0.717) is 6.42 Å². The summed E-state index contributed by atoms with van der Waals surface area (Å²) in [4.78, 5) is 12.5. The second kappa shape index (κ2) is 64.9. The maximum absolute atomic E-state index is 12.5. The Hall–Kier alpha value is -1.39. The van der Waals surface area contributed by atoms with Crippen molar-refractivity contribution in [2.75, 3.05) is 6.61 Å². The molecule has 0 heterocycles. The van der Waals surface area contributed by atoms with Crippen molar-refractivity contribution >= 4 is 5.91 Å². The molecule has 0 aromatic heterocycles. The van der Waals surface area contributed by atoms with Gasteiger partial charge in [-0.3, -0.25) is 4.79 Å². The summed E-state index contributed by atoms with van der Waals surface area (Å²) in [5.41, 5.74) is 0. The van der Waals surface area contributed by atoms with E-state index in [2.05, 4.69) is 43.5 Å². The van der Waals surface area contributed by atoms with Crippen LogP contribution in [0.3, 0.4) is 0 Å². The molecule has 2 unspecified atom stereocenters. The maximum Gasteiger partial charge on any atom is 0.220 e. The monoisotopic (exact) mass is 1020 g/mol. The Bertz CT molecular complexity index is 1110. The van der Waals surface area contributed by atoms with Crippen LogP contribution in [0.1, 0.15) is 380 Å². The number of allylic oxidation sites excluding steroid dienone is 5. The van der Waals surface area contributed by atoms with Crippen molar-refractivity contribution in [2.45, 2.75) is 392 Å². The van der Waals surface area contributed by atoms with Gasteiger partial charge in [0.15, 0.2) is 0 Å². The highest BCUT2D eigenvalue weighted by molar-refractivity contribution is 5.76. The standard InChI is InChI=1S/C69H133NO3/c1-3-5-7-9-11-13-15-17-19-21-23-25-27-29-30-31-32-33-34-35-36-37-38-39-41-43-45-47-49-51-53-55-57-59-61-63-65-69(73)70-67(66-71)68(72)64-62-60-58-56-54-52-50-48-46-44-42-40-28-26-24-22-20-18-16-14-12-10-8-6-4-2/h46,48,54,56,62,64,67-68,71-72H,3-45,47,49-53,55,57-61,63,65-66H2,1-2H3,(H,70,73)/b48-46+,56-54+,64-62+. The molecule has 0 aliphatic rings. The van der Waals surface area contributed by atoms with Crippen LogP contribution in [-0.2, 0) is 4.79 Å². The van der Waals surface area contributed by atoms with Gasteiger partial charge in [-0.1, -0.05) is 365 Å². The van der Waals surface area contributed by atoms with Crippen LogP contribution < -0.4 is 5.32 Å². The van der Waals surface area contributed by atoms with Crippen LogP contribution >= 0.6 is 0 Å². The molecule has 0 saturated heterocycles. The van der Waals surface area contributed by atoms with Crippen LogP contribution in [0.15, 0.2) is 36.5 Å². The lowest BCUT2D eigenvalue weighted by Gasteiger charge is -2.19. The quantitative estimate of drug-likeness (QED) is 0.0420. The van der Waals surface area contributed by atoms with Crippen molar-refractivity contribution < 1.29 is 15.0 Å². The number of amides is 1. The van der Waals surface area contributed by atoms with Gasteiger partial charge < -0.3 is 15.5 Å². The van der Waals surface area contributed by atoms with E-state index in [-0.39, 0.29) is 12.5 Å². The van der Waals surface area contributed by atoms with E-state index in [1.54, 1.807) is 6.08 Å². The molecule has 4 heteroatoms. The molecular formula is C69H133NO3. The fourth-order valence-corrected chi connectivity index (χ4v) is 10.7. The Kier molecular flexibility index (Phi) is 63.7. The smallest absolute Gasteiger partial charge is 0.220 e. The van der Waals surface area contributed by atoms with E-state index < -0.39 is 12.1 Å². The van der Waals surface area contributed by atoms with Crippen LogP contribution in [0.25, 0.3) is 0 Å². The van der Waals surface area contributed by atoms with Crippen LogP contribution in [0, 0.1) is 0 Å². The number of carbonyl (C=O) groups is 1. The lowest BCUT2D eigenvalue weighted by molar-refractivity contribution is -0.123. The first-order valence-electron chi connectivity index (χ1n) is 33.7. The Labute approximate surface area is 459 Å². The molecule has 0 aromatic rings. The molecule has 2 atom stereocenters. The normalized spacial score (nSPS) is 12.9. The average Bonchev–Trinajstić information content (AvgIpc) is 3.40. The van der Waals surface area contributed by atoms with Gasteiger partial charge in [-0.15, -0.1) is 0 Å². The highest BCUT2D eigenvalue weighted by atomic mass is 16.3. The molecule has 0 aromatic carbocycles. The maximum atomic E-state index is 12.5. The third kappa shape index (κ3) is 61.3. The van der Waals surface area contributed by atoms with Crippen molar-refractivity contribution in [3.8, 4) is 0 Å². The van der Waals surface area contributed by atoms with Gasteiger partial charge in [0, 0.05) is 6.42 Å². The molecule has 0 spiro atoms. The highest BCUT2D eigenvalue weighted by Crippen LogP contribution is 2.19. The predicted molar refractivity (Wildman–Crippen MR) is 327 cm³/mol. The van der Waals surface area contributed by atoms with Crippen molar-refractivity contribution in [1.82, 2.24) is 5.32 Å². The Balaban J connectivity index is 3.44. The van der Waals surface area contributed by atoms with Crippen LogP contribution in [0.4, 0.5) is 0 Å². The first kappa shape index (κ1) is 71.6. The molecule has 1 amide bonds. The Morgan fingerprint density at radius 2 is 0.534 bits per heavy atom. The lowest BCUT2D eigenvalue weighted by Crippen LogP contribution is -2.45. The molecule has 0 fully saturated rings. The Morgan fingerprint density at radius 3 is 0.795 bits per heavy atom. The summed E-state index contributed by atoms with van der Waals surface area (Å²) in [6.45, 7) is 4.34. The summed E-state index contributed by atoms with van der Waals surface area (Å²) < 4.78 is 0. The topological polar surface area (TPSA) is 69.6 Å². The second-order valence-corrected chi connectivity index (χ2v) is 23.2. The van der Waals surface area contributed by atoms with Gasteiger partial charge in [-0.25, -0.2) is 0 Å². The molecule has 0 aliphatic heterocycles. The number of aliphatic hydroxyl groups is 2. The summed E-state index contributed by atoms with van der Waals surface area (Å²) in [6.07, 6.45) is 89.5.